The Bertz CT molecular complexity index is 1680. The fourth-order valence-electron chi connectivity index (χ4n) is 5.65. The first-order chi connectivity index (χ1) is 20.6. The highest BCUT2D eigenvalue weighted by Crippen LogP contribution is 2.51. The second-order valence-corrected chi connectivity index (χ2v) is 9.96. The van der Waals surface area contributed by atoms with E-state index < -0.39 is 0 Å². The summed E-state index contributed by atoms with van der Waals surface area (Å²) in [5.41, 5.74) is 8.97. The minimum absolute atomic E-state index is 0.812. The Morgan fingerprint density at radius 1 is 0.286 bits per heavy atom. The van der Waals surface area contributed by atoms with Crippen molar-refractivity contribution in [2.24, 2.45) is 0 Å². The van der Waals surface area contributed by atoms with Crippen molar-refractivity contribution in [3.05, 3.63) is 121 Å². The molecule has 0 spiro atoms. The number of benzene rings is 6. The lowest BCUT2D eigenvalue weighted by molar-refractivity contribution is 0.414. The van der Waals surface area contributed by atoms with Crippen LogP contribution in [0.15, 0.2) is 121 Å². The molecule has 0 fully saturated rings. The molecule has 4 nitrogen and oxygen atoms in total. The maximum absolute atomic E-state index is 5.53. The number of ether oxygens (including phenoxy) is 4. The van der Waals surface area contributed by atoms with E-state index >= 15 is 0 Å². The first-order valence-electron chi connectivity index (χ1n) is 13.8. The molecule has 0 N–H and O–H groups in total. The van der Waals surface area contributed by atoms with Crippen LogP contribution < -0.4 is 18.9 Å². The van der Waals surface area contributed by atoms with Gasteiger partial charge in [0.25, 0.3) is 0 Å². The standard InChI is InChI=1S/C38H32O4/c1-39-29-17-9-25(10-18-29)35-33-7-5-6-8-34(33)36(26-11-19-30(40-2)20-12-26)38(28-15-23-32(42-4)24-16-28)37(35)27-13-21-31(41-3)22-14-27/h5-24H,1-4H3. The van der Waals surface area contributed by atoms with Crippen LogP contribution in [0.4, 0.5) is 0 Å². The molecule has 6 aromatic rings. The van der Waals surface area contributed by atoms with Gasteiger partial charge < -0.3 is 18.9 Å². The van der Waals surface area contributed by atoms with Crippen LogP contribution in [-0.4, -0.2) is 28.4 Å². The molecule has 0 unspecified atom stereocenters. The predicted octanol–water partition coefficient (Wildman–Crippen LogP) is 9.54. The highest BCUT2D eigenvalue weighted by molar-refractivity contribution is 6.18. The minimum Gasteiger partial charge on any atom is -0.497 e. The van der Waals surface area contributed by atoms with Crippen molar-refractivity contribution in [3.8, 4) is 67.5 Å². The Kier molecular flexibility index (Phi) is 7.52. The van der Waals surface area contributed by atoms with Gasteiger partial charge in [-0.25, -0.2) is 0 Å². The number of methoxy groups -OCH3 is 4. The van der Waals surface area contributed by atoms with E-state index in [-0.39, 0.29) is 0 Å². The number of rotatable bonds is 8. The fourth-order valence-corrected chi connectivity index (χ4v) is 5.65. The third-order valence-corrected chi connectivity index (χ3v) is 7.73. The molecule has 0 aromatic heterocycles. The summed E-state index contributed by atoms with van der Waals surface area (Å²) in [7, 11) is 6.77. The topological polar surface area (TPSA) is 36.9 Å². The van der Waals surface area contributed by atoms with Gasteiger partial charge in [-0.15, -0.1) is 0 Å². The van der Waals surface area contributed by atoms with Crippen molar-refractivity contribution in [1.29, 1.82) is 0 Å². The van der Waals surface area contributed by atoms with Gasteiger partial charge in [0, 0.05) is 0 Å². The maximum atomic E-state index is 5.53. The summed E-state index contributed by atoms with van der Waals surface area (Å²) < 4.78 is 22.1. The van der Waals surface area contributed by atoms with E-state index in [4.69, 9.17) is 18.9 Å². The minimum atomic E-state index is 0.812. The molecule has 0 amide bonds. The predicted molar refractivity (Wildman–Crippen MR) is 172 cm³/mol. The first kappa shape index (κ1) is 27.0. The van der Waals surface area contributed by atoms with E-state index in [1.54, 1.807) is 28.4 Å². The summed E-state index contributed by atoms with van der Waals surface area (Å²) in [4.78, 5) is 0. The van der Waals surface area contributed by atoms with E-state index in [0.717, 1.165) is 78.3 Å². The second-order valence-electron chi connectivity index (χ2n) is 9.96. The van der Waals surface area contributed by atoms with Crippen molar-refractivity contribution in [1.82, 2.24) is 0 Å². The van der Waals surface area contributed by atoms with Crippen LogP contribution in [0.5, 0.6) is 23.0 Å². The van der Waals surface area contributed by atoms with Crippen molar-refractivity contribution in [3.63, 3.8) is 0 Å². The van der Waals surface area contributed by atoms with E-state index in [2.05, 4.69) is 72.8 Å². The van der Waals surface area contributed by atoms with E-state index in [1.165, 1.54) is 0 Å². The van der Waals surface area contributed by atoms with Crippen molar-refractivity contribution in [2.75, 3.05) is 28.4 Å². The van der Waals surface area contributed by atoms with Gasteiger partial charge in [0.2, 0.25) is 0 Å². The lowest BCUT2D eigenvalue weighted by atomic mass is 9.79. The Morgan fingerprint density at radius 3 is 0.762 bits per heavy atom. The molecule has 208 valence electrons. The molecule has 0 aliphatic heterocycles. The summed E-state index contributed by atoms with van der Waals surface area (Å²) in [6.45, 7) is 0. The Hall–Kier alpha value is -5.22. The number of hydrogen-bond acceptors (Lipinski definition) is 4. The van der Waals surface area contributed by atoms with Crippen LogP contribution >= 0.6 is 0 Å². The summed E-state index contributed by atoms with van der Waals surface area (Å²) in [5, 5.41) is 2.33. The van der Waals surface area contributed by atoms with E-state index in [1.807, 2.05) is 48.5 Å². The van der Waals surface area contributed by atoms with Gasteiger partial charge in [-0.05, 0) is 104 Å². The third-order valence-electron chi connectivity index (χ3n) is 7.73. The molecule has 0 heterocycles. The molecule has 0 aliphatic carbocycles. The summed E-state index contributed by atoms with van der Waals surface area (Å²) in [5.74, 6) is 3.26. The summed E-state index contributed by atoms with van der Waals surface area (Å²) in [6, 6.07) is 41.9. The van der Waals surface area contributed by atoms with Crippen LogP contribution in [0.2, 0.25) is 0 Å². The smallest absolute Gasteiger partial charge is 0.118 e. The summed E-state index contributed by atoms with van der Waals surface area (Å²) in [6.07, 6.45) is 0. The van der Waals surface area contributed by atoms with Crippen LogP contribution in [0, 0.1) is 0 Å². The van der Waals surface area contributed by atoms with Crippen LogP contribution in [0.25, 0.3) is 55.3 Å². The monoisotopic (exact) mass is 552 g/mol. The van der Waals surface area contributed by atoms with Gasteiger partial charge in [0.05, 0.1) is 28.4 Å². The molecule has 42 heavy (non-hydrogen) atoms. The maximum Gasteiger partial charge on any atom is 0.118 e. The van der Waals surface area contributed by atoms with Gasteiger partial charge in [0.15, 0.2) is 0 Å². The Balaban J connectivity index is 1.81. The Morgan fingerprint density at radius 2 is 0.524 bits per heavy atom. The lowest BCUT2D eigenvalue weighted by Crippen LogP contribution is -1.98. The molecule has 0 aliphatic rings. The zero-order valence-electron chi connectivity index (χ0n) is 24.2. The SMILES string of the molecule is COc1ccc(-c2c(-c3ccc(OC)cc3)c(-c3ccc(OC)cc3)c3ccccc3c2-c2ccc(OC)cc2)cc1. The first-order valence-corrected chi connectivity index (χ1v) is 13.8. The quantitative estimate of drug-likeness (QED) is 0.188. The average molecular weight is 553 g/mol. The Labute approximate surface area is 246 Å². The van der Waals surface area contributed by atoms with Crippen molar-refractivity contribution < 1.29 is 18.9 Å². The zero-order chi connectivity index (χ0) is 29.1. The molecule has 0 saturated carbocycles. The van der Waals surface area contributed by atoms with E-state index in [0.29, 0.717) is 0 Å². The highest BCUT2D eigenvalue weighted by Gasteiger charge is 2.24. The van der Waals surface area contributed by atoms with Crippen molar-refractivity contribution >= 4 is 10.8 Å². The van der Waals surface area contributed by atoms with E-state index in [9.17, 15) is 0 Å². The largest absolute Gasteiger partial charge is 0.497 e. The fraction of sp³-hybridized carbons (Fsp3) is 0.105. The van der Waals surface area contributed by atoms with Gasteiger partial charge in [-0.1, -0.05) is 72.8 Å². The molecular weight excluding hydrogens is 520 g/mol. The molecule has 6 rings (SSSR count). The third kappa shape index (κ3) is 4.92. The highest BCUT2D eigenvalue weighted by atomic mass is 16.5. The number of fused-ring (bicyclic) bond motifs is 1. The van der Waals surface area contributed by atoms with Gasteiger partial charge >= 0.3 is 0 Å². The van der Waals surface area contributed by atoms with Gasteiger partial charge in [0.1, 0.15) is 23.0 Å². The van der Waals surface area contributed by atoms with Crippen molar-refractivity contribution in [2.45, 2.75) is 0 Å². The van der Waals surface area contributed by atoms with Crippen LogP contribution in [0.1, 0.15) is 0 Å². The van der Waals surface area contributed by atoms with Gasteiger partial charge in [-0.2, -0.15) is 0 Å². The zero-order valence-corrected chi connectivity index (χ0v) is 24.2. The van der Waals surface area contributed by atoms with Crippen LogP contribution in [0.3, 0.4) is 0 Å². The van der Waals surface area contributed by atoms with Gasteiger partial charge in [-0.3, -0.25) is 0 Å². The lowest BCUT2D eigenvalue weighted by Gasteiger charge is -2.24. The average Bonchev–Trinajstić information content (AvgIpc) is 3.07. The number of hydrogen-bond donors (Lipinski definition) is 0. The molecule has 6 aromatic carbocycles. The molecule has 4 heteroatoms. The molecular formula is C38H32O4. The van der Waals surface area contributed by atoms with Crippen LogP contribution in [-0.2, 0) is 0 Å². The molecule has 0 bridgehead atoms. The molecule has 0 saturated heterocycles. The summed E-state index contributed by atoms with van der Waals surface area (Å²) >= 11 is 0. The normalized spacial score (nSPS) is 10.9. The molecule has 0 atom stereocenters. The molecule has 0 radical (unpaired) electrons. The second kappa shape index (κ2) is 11.7.